The Morgan fingerprint density at radius 1 is 0.875 bits per heavy atom. The molecule has 0 N–H and O–H groups in total. The summed E-state index contributed by atoms with van der Waals surface area (Å²) >= 11 is 0. The molecule has 120 valence electrons. The van der Waals surface area contributed by atoms with Crippen LogP contribution in [0.5, 0.6) is 0 Å². The van der Waals surface area contributed by atoms with Gasteiger partial charge in [-0.25, -0.2) is 0 Å². The highest BCUT2D eigenvalue weighted by molar-refractivity contribution is 5.84. The van der Waals surface area contributed by atoms with Crippen molar-refractivity contribution in [3.8, 4) is 0 Å². The van der Waals surface area contributed by atoms with E-state index in [1.54, 1.807) is 6.92 Å². The van der Waals surface area contributed by atoms with Crippen molar-refractivity contribution in [2.24, 2.45) is 5.92 Å². The summed E-state index contributed by atoms with van der Waals surface area (Å²) in [6.07, 6.45) is 0.561. The molecular formula is C22H20O2. The molecular weight excluding hydrogens is 296 g/mol. The van der Waals surface area contributed by atoms with E-state index in [2.05, 4.69) is 42.5 Å². The van der Waals surface area contributed by atoms with Gasteiger partial charge in [0.2, 0.25) is 0 Å². The number of carbonyl (C=O) groups is 1. The van der Waals surface area contributed by atoms with E-state index in [1.807, 2.05) is 30.3 Å². The number of carbonyl (C=O) groups excluding carboxylic acids is 1. The summed E-state index contributed by atoms with van der Waals surface area (Å²) in [6, 6.07) is 24.8. The second-order valence-corrected chi connectivity index (χ2v) is 6.52. The zero-order valence-electron chi connectivity index (χ0n) is 13.7. The predicted octanol–water partition coefficient (Wildman–Crippen LogP) is 5.25. The van der Waals surface area contributed by atoms with Crippen LogP contribution in [0.4, 0.5) is 0 Å². The monoisotopic (exact) mass is 316 g/mol. The van der Waals surface area contributed by atoms with Gasteiger partial charge in [0, 0.05) is 0 Å². The largest absolute Gasteiger partial charge is 0.365 e. The second kappa shape index (κ2) is 6.21. The van der Waals surface area contributed by atoms with Gasteiger partial charge >= 0.3 is 0 Å². The van der Waals surface area contributed by atoms with E-state index in [4.69, 9.17) is 4.74 Å². The van der Waals surface area contributed by atoms with Gasteiger partial charge in [-0.3, -0.25) is 4.79 Å². The minimum atomic E-state index is -0.169. The summed E-state index contributed by atoms with van der Waals surface area (Å²) in [5.41, 5.74) is 2.24. The number of Topliss-reactive ketones (excluding diaryl/α,β-unsaturated/α-hetero) is 1. The van der Waals surface area contributed by atoms with Crippen LogP contribution in [0.2, 0.25) is 0 Å². The third kappa shape index (κ3) is 2.74. The van der Waals surface area contributed by atoms with E-state index in [9.17, 15) is 4.79 Å². The Bertz CT molecular complexity index is 869. The van der Waals surface area contributed by atoms with Gasteiger partial charge in [-0.1, -0.05) is 66.7 Å². The third-order valence-electron chi connectivity index (χ3n) is 4.94. The Morgan fingerprint density at radius 3 is 2.33 bits per heavy atom. The van der Waals surface area contributed by atoms with Crippen molar-refractivity contribution >= 4 is 16.6 Å². The van der Waals surface area contributed by atoms with Crippen molar-refractivity contribution in [2.45, 2.75) is 25.6 Å². The van der Waals surface area contributed by atoms with Crippen molar-refractivity contribution < 1.29 is 9.53 Å². The Labute approximate surface area is 142 Å². The summed E-state index contributed by atoms with van der Waals surface area (Å²) in [4.78, 5) is 12.2. The Balaban J connectivity index is 1.70. The molecule has 0 aromatic heterocycles. The topological polar surface area (TPSA) is 26.3 Å². The van der Waals surface area contributed by atoms with Crippen LogP contribution in [0.1, 0.15) is 36.7 Å². The van der Waals surface area contributed by atoms with E-state index in [0.717, 1.165) is 17.5 Å². The molecule has 3 atom stereocenters. The maximum absolute atomic E-state index is 12.2. The highest BCUT2D eigenvalue weighted by Crippen LogP contribution is 2.45. The fraction of sp³-hybridized carbons (Fsp3) is 0.227. The van der Waals surface area contributed by atoms with Gasteiger partial charge in [0.1, 0.15) is 5.78 Å². The van der Waals surface area contributed by atoms with Crippen LogP contribution in [0.25, 0.3) is 10.8 Å². The molecule has 1 fully saturated rings. The fourth-order valence-electron chi connectivity index (χ4n) is 3.64. The fourth-order valence-corrected chi connectivity index (χ4v) is 3.64. The van der Waals surface area contributed by atoms with Crippen molar-refractivity contribution in [1.29, 1.82) is 0 Å². The minimum Gasteiger partial charge on any atom is -0.365 e. The van der Waals surface area contributed by atoms with Gasteiger partial charge in [-0.15, -0.1) is 0 Å². The Kier molecular flexibility index (Phi) is 3.91. The first-order valence-electron chi connectivity index (χ1n) is 8.42. The SMILES string of the molecule is CC(=O)C1C[C@H](c2ccccc2)O[C@@H]1c1ccc2ccccc2c1. The number of hydrogen-bond donors (Lipinski definition) is 0. The average Bonchev–Trinajstić information content (AvgIpc) is 3.08. The van der Waals surface area contributed by atoms with E-state index in [0.29, 0.717) is 0 Å². The lowest BCUT2D eigenvalue weighted by Gasteiger charge is -2.18. The van der Waals surface area contributed by atoms with E-state index >= 15 is 0 Å². The highest BCUT2D eigenvalue weighted by Gasteiger charge is 2.39. The lowest BCUT2D eigenvalue weighted by atomic mass is 9.89. The van der Waals surface area contributed by atoms with Gasteiger partial charge in [0.15, 0.2) is 0 Å². The van der Waals surface area contributed by atoms with E-state index < -0.39 is 0 Å². The number of ether oxygens (including phenoxy) is 1. The Hall–Kier alpha value is -2.45. The molecule has 2 nitrogen and oxygen atoms in total. The molecule has 0 bridgehead atoms. The van der Waals surface area contributed by atoms with Gasteiger partial charge in [-0.2, -0.15) is 0 Å². The van der Waals surface area contributed by atoms with Gasteiger partial charge in [0.25, 0.3) is 0 Å². The maximum Gasteiger partial charge on any atom is 0.135 e. The molecule has 1 aliphatic heterocycles. The number of hydrogen-bond acceptors (Lipinski definition) is 2. The van der Waals surface area contributed by atoms with Crippen LogP contribution in [0, 0.1) is 5.92 Å². The molecule has 2 heteroatoms. The lowest BCUT2D eigenvalue weighted by molar-refractivity contribution is -0.122. The summed E-state index contributed by atoms with van der Waals surface area (Å²) < 4.78 is 6.34. The average molecular weight is 316 g/mol. The molecule has 0 radical (unpaired) electrons. The Morgan fingerprint density at radius 2 is 1.58 bits per heavy atom. The van der Waals surface area contributed by atoms with Crippen molar-refractivity contribution in [1.82, 2.24) is 0 Å². The third-order valence-corrected chi connectivity index (χ3v) is 4.94. The summed E-state index contributed by atoms with van der Waals surface area (Å²) in [5.74, 6) is 0.114. The first kappa shape index (κ1) is 15.1. The molecule has 1 heterocycles. The summed E-state index contributed by atoms with van der Waals surface area (Å²) in [6.45, 7) is 1.68. The smallest absolute Gasteiger partial charge is 0.135 e. The van der Waals surface area contributed by atoms with E-state index in [-0.39, 0.29) is 23.9 Å². The van der Waals surface area contributed by atoms with Crippen molar-refractivity contribution in [3.05, 3.63) is 83.9 Å². The first-order valence-corrected chi connectivity index (χ1v) is 8.42. The second-order valence-electron chi connectivity index (χ2n) is 6.52. The normalized spacial score (nSPS) is 23.5. The number of fused-ring (bicyclic) bond motifs is 1. The van der Waals surface area contributed by atoms with Gasteiger partial charge in [-0.05, 0) is 41.3 Å². The maximum atomic E-state index is 12.2. The predicted molar refractivity (Wildman–Crippen MR) is 95.7 cm³/mol. The minimum absolute atomic E-state index is 0.0171. The molecule has 0 aliphatic carbocycles. The quantitative estimate of drug-likeness (QED) is 0.660. The molecule has 0 spiro atoms. The lowest BCUT2D eigenvalue weighted by Crippen LogP contribution is -2.15. The molecule has 1 aliphatic rings. The van der Waals surface area contributed by atoms with Crippen LogP contribution in [-0.2, 0) is 9.53 Å². The molecule has 4 rings (SSSR count). The molecule has 24 heavy (non-hydrogen) atoms. The van der Waals surface area contributed by atoms with Crippen LogP contribution in [0.15, 0.2) is 72.8 Å². The van der Waals surface area contributed by atoms with E-state index in [1.165, 1.54) is 10.8 Å². The zero-order chi connectivity index (χ0) is 16.5. The number of rotatable bonds is 3. The molecule has 1 saturated heterocycles. The number of ketones is 1. The molecule has 3 aromatic rings. The summed E-state index contributed by atoms with van der Waals surface area (Å²) in [7, 11) is 0. The molecule has 0 saturated carbocycles. The zero-order valence-corrected chi connectivity index (χ0v) is 13.7. The standard InChI is InChI=1S/C22H20O2/c1-15(23)20-14-21(17-8-3-2-4-9-17)24-22(20)19-12-11-16-7-5-6-10-18(16)13-19/h2-13,20-22H,14H2,1H3/t20?,21-,22-/m1/s1. The molecule has 0 amide bonds. The highest BCUT2D eigenvalue weighted by atomic mass is 16.5. The molecule has 1 unspecified atom stereocenters. The summed E-state index contributed by atoms with van der Waals surface area (Å²) in [5, 5.41) is 2.39. The van der Waals surface area contributed by atoms with Crippen LogP contribution >= 0.6 is 0 Å². The van der Waals surface area contributed by atoms with Crippen LogP contribution < -0.4 is 0 Å². The van der Waals surface area contributed by atoms with Gasteiger partial charge in [0.05, 0.1) is 18.1 Å². The first-order chi connectivity index (χ1) is 11.7. The van der Waals surface area contributed by atoms with Crippen molar-refractivity contribution in [2.75, 3.05) is 0 Å². The van der Waals surface area contributed by atoms with Crippen molar-refractivity contribution in [3.63, 3.8) is 0 Å². The number of benzene rings is 3. The van der Waals surface area contributed by atoms with Crippen LogP contribution in [-0.4, -0.2) is 5.78 Å². The molecule has 3 aromatic carbocycles. The van der Waals surface area contributed by atoms with Crippen LogP contribution in [0.3, 0.4) is 0 Å². The van der Waals surface area contributed by atoms with Gasteiger partial charge < -0.3 is 4.74 Å².